The van der Waals surface area contributed by atoms with Crippen molar-refractivity contribution in [2.45, 2.75) is 6.18 Å². The standard InChI is InChI=1S/C16H11ClF3N5O3S/c1-26-9-6-10(27-2)23-15(22-9)28-25-12(16(18,19)20)11-13(17)24-14(29-11)8-4-3-5-21-7-8/h3-7H,1-2H3/b25-12-. The lowest BCUT2D eigenvalue weighted by Crippen LogP contribution is -2.24. The predicted octanol–water partition coefficient (Wildman–Crippen LogP) is 4.01. The average molecular weight is 446 g/mol. The third kappa shape index (κ3) is 4.90. The molecule has 0 amide bonds. The average Bonchev–Trinajstić information content (AvgIpc) is 3.08. The second kappa shape index (κ2) is 8.57. The van der Waals surface area contributed by atoms with Gasteiger partial charge in [-0.25, -0.2) is 4.98 Å². The Hall–Kier alpha value is -2.99. The molecule has 0 spiro atoms. The van der Waals surface area contributed by atoms with Gasteiger partial charge in [-0.15, -0.1) is 11.3 Å². The van der Waals surface area contributed by atoms with Gasteiger partial charge in [0.2, 0.25) is 17.5 Å². The van der Waals surface area contributed by atoms with Crippen LogP contribution in [0.2, 0.25) is 5.15 Å². The molecule has 152 valence electrons. The van der Waals surface area contributed by atoms with Crippen molar-refractivity contribution >= 4 is 28.6 Å². The van der Waals surface area contributed by atoms with E-state index in [-0.39, 0.29) is 21.9 Å². The predicted molar refractivity (Wildman–Crippen MR) is 98.7 cm³/mol. The molecule has 0 unspecified atom stereocenters. The maximum Gasteiger partial charge on any atom is 0.438 e. The second-order valence-corrected chi connectivity index (χ2v) is 6.50. The van der Waals surface area contributed by atoms with Crippen molar-refractivity contribution in [3.05, 3.63) is 40.6 Å². The van der Waals surface area contributed by atoms with Crippen LogP contribution in [-0.2, 0) is 0 Å². The molecule has 0 aliphatic rings. The van der Waals surface area contributed by atoms with Crippen molar-refractivity contribution < 1.29 is 27.5 Å². The summed E-state index contributed by atoms with van der Waals surface area (Å²) in [5, 5.41) is 3.05. The Morgan fingerprint density at radius 2 is 1.83 bits per heavy atom. The summed E-state index contributed by atoms with van der Waals surface area (Å²) < 4.78 is 50.6. The van der Waals surface area contributed by atoms with Crippen LogP contribution in [0.5, 0.6) is 17.8 Å². The number of alkyl halides is 3. The van der Waals surface area contributed by atoms with E-state index in [9.17, 15) is 13.2 Å². The fourth-order valence-electron chi connectivity index (χ4n) is 2.00. The van der Waals surface area contributed by atoms with Gasteiger partial charge in [-0.1, -0.05) is 16.8 Å². The van der Waals surface area contributed by atoms with Gasteiger partial charge in [0.05, 0.1) is 20.3 Å². The van der Waals surface area contributed by atoms with E-state index >= 15 is 0 Å². The lowest BCUT2D eigenvalue weighted by atomic mass is 10.3. The summed E-state index contributed by atoms with van der Waals surface area (Å²) in [6, 6.07) is 4.08. The van der Waals surface area contributed by atoms with E-state index in [4.69, 9.17) is 25.9 Å². The van der Waals surface area contributed by atoms with Gasteiger partial charge < -0.3 is 14.3 Å². The maximum atomic E-state index is 13.6. The van der Waals surface area contributed by atoms with Crippen molar-refractivity contribution in [2.24, 2.45) is 5.16 Å². The molecule has 0 aliphatic heterocycles. The Balaban J connectivity index is 1.99. The minimum absolute atomic E-state index is 0.0188. The third-order valence-electron chi connectivity index (χ3n) is 3.27. The van der Waals surface area contributed by atoms with Crippen molar-refractivity contribution in [1.29, 1.82) is 0 Å². The number of oxime groups is 1. The summed E-state index contributed by atoms with van der Waals surface area (Å²) in [5.41, 5.74) is -0.880. The van der Waals surface area contributed by atoms with Gasteiger partial charge in [0.25, 0.3) is 0 Å². The topological polar surface area (TPSA) is 91.6 Å². The highest BCUT2D eigenvalue weighted by molar-refractivity contribution is 7.17. The van der Waals surface area contributed by atoms with Gasteiger partial charge in [-0.2, -0.15) is 23.1 Å². The van der Waals surface area contributed by atoms with Crippen LogP contribution in [0, 0.1) is 0 Å². The lowest BCUT2D eigenvalue weighted by molar-refractivity contribution is -0.0597. The van der Waals surface area contributed by atoms with Gasteiger partial charge in [0, 0.05) is 18.0 Å². The monoisotopic (exact) mass is 445 g/mol. The highest BCUT2D eigenvalue weighted by atomic mass is 35.5. The van der Waals surface area contributed by atoms with Crippen molar-refractivity contribution in [3.63, 3.8) is 0 Å². The fourth-order valence-corrected chi connectivity index (χ4v) is 3.29. The SMILES string of the molecule is COc1cc(OC)nc(O/N=C(/c2sc(-c3cccnc3)nc2Cl)C(F)(F)F)n1. The molecule has 0 bridgehead atoms. The number of methoxy groups -OCH3 is 2. The van der Waals surface area contributed by atoms with E-state index in [1.54, 1.807) is 12.1 Å². The molecule has 8 nitrogen and oxygen atoms in total. The molecule has 3 aromatic rings. The van der Waals surface area contributed by atoms with Gasteiger partial charge >= 0.3 is 12.2 Å². The van der Waals surface area contributed by atoms with Crippen LogP contribution in [0.1, 0.15) is 4.88 Å². The number of nitrogens with zero attached hydrogens (tertiary/aromatic N) is 5. The number of thiazole rings is 1. The largest absolute Gasteiger partial charge is 0.481 e. The van der Waals surface area contributed by atoms with Crippen LogP contribution in [-0.4, -0.2) is 46.0 Å². The minimum atomic E-state index is -4.88. The Bertz CT molecular complexity index is 1010. The van der Waals surface area contributed by atoms with Gasteiger partial charge in [0.1, 0.15) is 15.0 Å². The summed E-state index contributed by atoms with van der Waals surface area (Å²) in [5.74, 6) is 0.0376. The molecule has 3 heterocycles. The summed E-state index contributed by atoms with van der Waals surface area (Å²) in [6.07, 6.45) is -1.90. The smallest absolute Gasteiger partial charge is 0.438 e. The van der Waals surface area contributed by atoms with E-state index in [0.717, 1.165) is 0 Å². The molecule has 3 rings (SSSR count). The van der Waals surface area contributed by atoms with Crippen molar-refractivity contribution in [3.8, 4) is 28.3 Å². The van der Waals surface area contributed by atoms with Gasteiger partial charge in [-0.05, 0) is 12.1 Å². The van der Waals surface area contributed by atoms with E-state index < -0.39 is 22.8 Å². The highest BCUT2D eigenvalue weighted by Gasteiger charge is 2.41. The van der Waals surface area contributed by atoms with Crippen LogP contribution in [0.4, 0.5) is 13.2 Å². The zero-order valence-corrected chi connectivity index (χ0v) is 16.3. The summed E-state index contributed by atoms with van der Waals surface area (Å²) in [7, 11) is 2.63. The molecule has 0 saturated heterocycles. The van der Waals surface area contributed by atoms with Crippen LogP contribution in [0.15, 0.2) is 35.7 Å². The molecular weight excluding hydrogens is 435 g/mol. The lowest BCUT2D eigenvalue weighted by Gasteiger charge is -2.09. The van der Waals surface area contributed by atoms with Crippen LogP contribution < -0.4 is 14.3 Å². The fraction of sp³-hybridized carbons (Fsp3) is 0.188. The maximum absolute atomic E-state index is 13.6. The molecule has 13 heteroatoms. The molecule has 29 heavy (non-hydrogen) atoms. The number of pyridine rings is 1. The van der Waals surface area contributed by atoms with E-state index in [0.29, 0.717) is 16.9 Å². The Kier molecular flexibility index (Phi) is 6.13. The first-order valence-electron chi connectivity index (χ1n) is 7.68. The van der Waals surface area contributed by atoms with E-state index in [1.807, 2.05) is 0 Å². The van der Waals surface area contributed by atoms with Crippen LogP contribution in [0.3, 0.4) is 0 Å². The summed E-state index contributed by atoms with van der Waals surface area (Å²) in [6.45, 7) is 0. The third-order valence-corrected chi connectivity index (χ3v) is 4.77. The number of aromatic nitrogens is 4. The van der Waals surface area contributed by atoms with E-state index in [2.05, 4.69) is 25.1 Å². The molecule has 0 radical (unpaired) electrons. The number of rotatable bonds is 6. The Morgan fingerprint density at radius 1 is 1.14 bits per heavy atom. The number of ether oxygens (including phenoxy) is 2. The van der Waals surface area contributed by atoms with E-state index in [1.165, 1.54) is 32.7 Å². The first kappa shape index (κ1) is 20.7. The molecule has 3 aromatic heterocycles. The highest BCUT2D eigenvalue weighted by Crippen LogP contribution is 2.35. The number of hydrogen-bond donors (Lipinski definition) is 0. The molecule has 0 N–H and O–H groups in total. The quantitative estimate of drug-likeness (QED) is 0.418. The first-order valence-corrected chi connectivity index (χ1v) is 8.87. The van der Waals surface area contributed by atoms with Crippen molar-refractivity contribution in [1.82, 2.24) is 19.9 Å². The number of hydrogen-bond acceptors (Lipinski definition) is 9. The first-order chi connectivity index (χ1) is 13.8. The molecule has 0 fully saturated rings. The van der Waals surface area contributed by atoms with Gasteiger partial charge in [-0.3, -0.25) is 4.98 Å². The molecule has 0 saturated carbocycles. The zero-order chi connectivity index (χ0) is 21.0. The minimum Gasteiger partial charge on any atom is -0.481 e. The van der Waals surface area contributed by atoms with Gasteiger partial charge in [0.15, 0.2) is 0 Å². The second-order valence-electron chi connectivity index (χ2n) is 5.14. The normalized spacial score (nSPS) is 12.0. The van der Waals surface area contributed by atoms with Crippen LogP contribution in [0.25, 0.3) is 10.6 Å². The van der Waals surface area contributed by atoms with Crippen molar-refractivity contribution in [2.75, 3.05) is 14.2 Å². The molecular formula is C16H11ClF3N5O3S. The molecule has 0 atom stereocenters. The summed E-state index contributed by atoms with van der Waals surface area (Å²) >= 11 is 6.64. The Labute approximate surface area is 171 Å². The molecule has 0 aliphatic carbocycles. The zero-order valence-electron chi connectivity index (χ0n) is 14.8. The van der Waals surface area contributed by atoms with Crippen LogP contribution >= 0.6 is 22.9 Å². The number of halogens is 4. The summed E-state index contributed by atoms with van der Waals surface area (Å²) in [4.78, 5) is 19.8. The Morgan fingerprint density at radius 3 is 2.38 bits per heavy atom. The molecule has 0 aromatic carbocycles.